The predicted molar refractivity (Wildman–Crippen MR) is 74.6 cm³/mol. The zero-order valence-corrected chi connectivity index (χ0v) is 11.7. The molecule has 0 unspecified atom stereocenters. The Labute approximate surface area is 110 Å². The first-order valence-corrected chi connectivity index (χ1v) is 6.87. The van der Waals surface area contributed by atoms with E-state index in [2.05, 4.69) is 41.0 Å². The van der Waals surface area contributed by atoms with Crippen LogP contribution in [0, 0.1) is 5.41 Å². The van der Waals surface area contributed by atoms with Gasteiger partial charge in [-0.2, -0.15) is 0 Å². The van der Waals surface area contributed by atoms with Crippen LogP contribution in [0.4, 0.5) is 5.82 Å². The lowest BCUT2D eigenvalue weighted by Crippen LogP contribution is -2.37. The zero-order chi connectivity index (χ0) is 13.0. The van der Waals surface area contributed by atoms with Gasteiger partial charge in [0.2, 0.25) is 0 Å². The molecule has 100 valence electrons. The first kappa shape index (κ1) is 13.3. The van der Waals surface area contributed by atoms with Crippen LogP contribution in [0.3, 0.4) is 0 Å². The highest BCUT2D eigenvalue weighted by Crippen LogP contribution is 2.31. The van der Waals surface area contributed by atoms with E-state index >= 15 is 0 Å². The van der Waals surface area contributed by atoms with Crippen molar-refractivity contribution < 1.29 is 0 Å². The molecule has 0 bridgehead atoms. The van der Waals surface area contributed by atoms with Crippen molar-refractivity contribution >= 4 is 5.82 Å². The van der Waals surface area contributed by atoms with Crippen molar-refractivity contribution in [3.8, 4) is 0 Å². The summed E-state index contributed by atoms with van der Waals surface area (Å²) in [6, 6.07) is 0. The van der Waals surface area contributed by atoms with Gasteiger partial charge in [0.15, 0.2) is 0 Å². The minimum atomic E-state index is 0.481. The van der Waals surface area contributed by atoms with E-state index in [1.54, 1.807) is 0 Å². The molecule has 4 nitrogen and oxygen atoms in total. The first-order chi connectivity index (χ1) is 8.61. The van der Waals surface area contributed by atoms with E-state index in [1.165, 1.54) is 12.8 Å². The molecule has 1 saturated heterocycles. The second kappa shape index (κ2) is 5.65. The second-order valence-electron chi connectivity index (χ2n) is 5.80. The zero-order valence-electron chi connectivity index (χ0n) is 11.7. The number of anilines is 1. The maximum atomic E-state index is 4.53. The quantitative estimate of drug-likeness (QED) is 0.887. The van der Waals surface area contributed by atoms with Crippen LogP contribution in [0.1, 0.15) is 39.3 Å². The van der Waals surface area contributed by atoms with Crippen LogP contribution in [0.5, 0.6) is 0 Å². The summed E-state index contributed by atoms with van der Waals surface area (Å²) in [6.07, 6.45) is 6.25. The summed E-state index contributed by atoms with van der Waals surface area (Å²) in [7, 11) is 0. The fraction of sp³-hybridized carbons (Fsp3) is 0.714. The molecule has 1 N–H and O–H groups in total. The van der Waals surface area contributed by atoms with Crippen molar-refractivity contribution in [1.29, 1.82) is 0 Å². The summed E-state index contributed by atoms with van der Waals surface area (Å²) in [5.41, 5.74) is 1.49. The van der Waals surface area contributed by atoms with Crippen molar-refractivity contribution in [1.82, 2.24) is 15.3 Å². The Morgan fingerprint density at radius 1 is 1.22 bits per heavy atom. The van der Waals surface area contributed by atoms with Crippen molar-refractivity contribution in [2.75, 3.05) is 24.5 Å². The van der Waals surface area contributed by atoms with Crippen LogP contribution in [-0.2, 0) is 6.54 Å². The topological polar surface area (TPSA) is 41.1 Å². The molecule has 0 atom stereocenters. The lowest BCUT2D eigenvalue weighted by atomic mass is 9.83. The van der Waals surface area contributed by atoms with Gasteiger partial charge in [-0.1, -0.05) is 20.8 Å². The fourth-order valence-electron chi connectivity index (χ4n) is 2.20. The summed E-state index contributed by atoms with van der Waals surface area (Å²) in [4.78, 5) is 11.3. The molecule has 0 aliphatic carbocycles. The van der Waals surface area contributed by atoms with Gasteiger partial charge in [-0.25, -0.2) is 4.98 Å². The maximum Gasteiger partial charge on any atom is 0.147 e. The average Bonchev–Trinajstić information content (AvgIpc) is 2.37. The van der Waals surface area contributed by atoms with Gasteiger partial charge in [-0.3, -0.25) is 4.98 Å². The van der Waals surface area contributed by atoms with Crippen molar-refractivity contribution in [2.24, 2.45) is 5.41 Å². The maximum absolute atomic E-state index is 4.53. The normalized spacial score (nSPS) is 18.9. The van der Waals surface area contributed by atoms with E-state index in [-0.39, 0.29) is 0 Å². The minimum Gasteiger partial charge on any atom is -0.355 e. The van der Waals surface area contributed by atoms with Gasteiger partial charge >= 0.3 is 0 Å². The molecular formula is C14H24N4. The molecule has 0 spiro atoms. The monoisotopic (exact) mass is 248 g/mol. The number of piperidine rings is 1. The average molecular weight is 248 g/mol. The van der Waals surface area contributed by atoms with Crippen molar-refractivity contribution in [3.05, 3.63) is 18.1 Å². The number of hydrogen-bond acceptors (Lipinski definition) is 4. The Hall–Kier alpha value is -1.16. The molecular weight excluding hydrogens is 224 g/mol. The summed E-state index contributed by atoms with van der Waals surface area (Å²) in [5, 5.41) is 3.26. The Balaban J connectivity index is 1.94. The number of rotatable bonds is 4. The lowest BCUT2D eigenvalue weighted by molar-refractivity contribution is 0.279. The Bertz CT molecular complexity index is 362. The van der Waals surface area contributed by atoms with Crippen LogP contribution in [0.25, 0.3) is 0 Å². The number of aromatic nitrogens is 2. The third-order valence-electron chi connectivity index (χ3n) is 3.69. The molecule has 18 heavy (non-hydrogen) atoms. The summed E-state index contributed by atoms with van der Waals surface area (Å²) >= 11 is 0. The second-order valence-corrected chi connectivity index (χ2v) is 5.80. The van der Waals surface area contributed by atoms with E-state index in [0.29, 0.717) is 5.41 Å². The molecule has 1 aliphatic heterocycles. The van der Waals surface area contributed by atoms with Gasteiger partial charge in [0.05, 0.1) is 18.1 Å². The molecule has 1 aromatic rings. The highest BCUT2D eigenvalue weighted by molar-refractivity contribution is 5.36. The Kier molecular flexibility index (Phi) is 4.17. The van der Waals surface area contributed by atoms with Gasteiger partial charge < -0.3 is 10.2 Å². The van der Waals surface area contributed by atoms with Gasteiger partial charge in [-0.15, -0.1) is 0 Å². The summed E-state index contributed by atoms with van der Waals surface area (Å²) < 4.78 is 0. The highest BCUT2D eigenvalue weighted by Gasteiger charge is 2.25. The van der Waals surface area contributed by atoms with Gasteiger partial charge in [0, 0.05) is 19.6 Å². The highest BCUT2D eigenvalue weighted by atomic mass is 15.2. The minimum absolute atomic E-state index is 0.481. The van der Waals surface area contributed by atoms with E-state index in [0.717, 1.165) is 37.7 Å². The van der Waals surface area contributed by atoms with Gasteiger partial charge in [0.25, 0.3) is 0 Å². The SMILES string of the molecule is CCNCc1cnc(N2CCC(C)(C)CC2)cn1. The lowest BCUT2D eigenvalue weighted by Gasteiger charge is -2.37. The molecule has 1 aliphatic rings. The summed E-state index contributed by atoms with van der Waals surface area (Å²) in [6.45, 7) is 10.7. The molecule has 1 fully saturated rings. The van der Waals surface area contributed by atoms with Crippen LogP contribution in [0.15, 0.2) is 12.4 Å². The van der Waals surface area contributed by atoms with Crippen LogP contribution in [0.2, 0.25) is 0 Å². The van der Waals surface area contributed by atoms with Gasteiger partial charge in [-0.05, 0) is 24.8 Å². The third kappa shape index (κ3) is 3.42. The molecule has 2 heterocycles. The molecule has 0 aromatic carbocycles. The molecule has 0 saturated carbocycles. The van der Waals surface area contributed by atoms with E-state index in [4.69, 9.17) is 0 Å². The smallest absolute Gasteiger partial charge is 0.147 e. The van der Waals surface area contributed by atoms with Crippen LogP contribution >= 0.6 is 0 Å². The largest absolute Gasteiger partial charge is 0.355 e. The van der Waals surface area contributed by atoms with Crippen molar-refractivity contribution in [2.45, 2.75) is 40.2 Å². The fourth-order valence-corrected chi connectivity index (χ4v) is 2.20. The van der Waals surface area contributed by atoms with Crippen molar-refractivity contribution in [3.63, 3.8) is 0 Å². The number of hydrogen-bond donors (Lipinski definition) is 1. The molecule has 4 heteroatoms. The summed E-state index contributed by atoms with van der Waals surface area (Å²) in [5.74, 6) is 1.02. The number of nitrogens with zero attached hydrogens (tertiary/aromatic N) is 3. The van der Waals surface area contributed by atoms with Crippen LogP contribution < -0.4 is 10.2 Å². The number of nitrogens with one attached hydrogen (secondary N) is 1. The van der Waals surface area contributed by atoms with E-state index in [1.807, 2.05) is 12.4 Å². The Morgan fingerprint density at radius 3 is 2.50 bits per heavy atom. The molecule has 0 amide bonds. The first-order valence-electron chi connectivity index (χ1n) is 6.87. The molecule has 0 radical (unpaired) electrons. The Morgan fingerprint density at radius 2 is 1.94 bits per heavy atom. The van der Waals surface area contributed by atoms with Crippen LogP contribution in [-0.4, -0.2) is 29.6 Å². The van der Waals surface area contributed by atoms with E-state index in [9.17, 15) is 0 Å². The van der Waals surface area contributed by atoms with Gasteiger partial charge in [0.1, 0.15) is 5.82 Å². The van der Waals surface area contributed by atoms with E-state index < -0.39 is 0 Å². The molecule has 2 rings (SSSR count). The standard InChI is InChI=1S/C14H24N4/c1-4-15-9-12-10-17-13(11-16-12)18-7-5-14(2,3)6-8-18/h10-11,15H,4-9H2,1-3H3. The predicted octanol–water partition coefficient (Wildman–Crippen LogP) is 2.21. The third-order valence-corrected chi connectivity index (χ3v) is 3.69. The molecule has 1 aromatic heterocycles.